The Morgan fingerprint density at radius 3 is 2.61 bits per heavy atom. The Labute approximate surface area is 111 Å². The van der Waals surface area contributed by atoms with Gasteiger partial charge in [0, 0.05) is 12.2 Å². The molecule has 1 N–H and O–H groups in total. The molecule has 0 saturated carbocycles. The highest BCUT2D eigenvalue weighted by molar-refractivity contribution is 5.26. The van der Waals surface area contributed by atoms with E-state index >= 15 is 0 Å². The summed E-state index contributed by atoms with van der Waals surface area (Å²) < 4.78 is 5.63. The summed E-state index contributed by atoms with van der Waals surface area (Å²) in [5, 5.41) is 3.36. The maximum atomic E-state index is 5.63. The van der Waals surface area contributed by atoms with Gasteiger partial charge in [0.2, 0.25) is 0 Å². The Balaban J connectivity index is 2.79. The summed E-state index contributed by atoms with van der Waals surface area (Å²) >= 11 is 0. The predicted molar refractivity (Wildman–Crippen MR) is 75.9 cm³/mol. The molecule has 18 heavy (non-hydrogen) atoms. The average Bonchev–Trinajstić information content (AvgIpc) is 2.32. The van der Waals surface area contributed by atoms with Crippen molar-refractivity contribution >= 4 is 0 Å². The molecule has 0 bridgehead atoms. The Hall–Kier alpha value is -1.09. The van der Waals surface area contributed by atoms with Gasteiger partial charge in [0.1, 0.15) is 5.75 Å². The van der Waals surface area contributed by atoms with Crippen LogP contribution in [0.1, 0.15) is 52.1 Å². The molecule has 102 valence electrons. The van der Waals surface area contributed by atoms with Crippen LogP contribution in [0, 0.1) is 5.41 Å². The largest absolute Gasteiger partial charge is 0.492 e. The third-order valence-corrected chi connectivity index (χ3v) is 2.77. The van der Waals surface area contributed by atoms with Gasteiger partial charge in [-0.1, -0.05) is 27.7 Å². The zero-order valence-electron chi connectivity index (χ0n) is 12.3. The molecule has 1 unspecified atom stereocenters. The molecule has 0 spiro atoms. The van der Waals surface area contributed by atoms with Crippen molar-refractivity contribution in [3.63, 3.8) is 0 Å². The van der Waals surface area contributed by atoms with Gasteiger partial charge in [-0.25, -0.2) is 0 Å². The number of rotatable bonds is 6. The van der Waals surface area contributed by atoms with Crippen LogP contribution >= 0.6 is 0 Å². The third kappa shape index (κ3) is 5.05. The molecule has 0 fully saturated rings. The number of pyridine rings is 1. The van der Waals surface area contributed by atoms with Crippen molar-refractivity contribution in [1.29, 1.82) is 0 Å². The molecule has 0 aliphatic heterocycles. The molecule has 0 aliphatic carbocycles. The lowest BCUT2D eigenvalue weighted by atomic mass is 9.86. The first-order valence-electron chi connectivity index (χ1n) is 6.71. The van der Waals surface area contributed by atoms with Crippen molar-refractivity contribution in [3.05, 3.63) is 24.0 Å². The summed E-state index contributed by atoms with van der Waals surface area (Å²) in [4.78, 5) is 4.27. The second-order valence-corrected chi connectivity index (χ2v) is 5.91. The highest BCUT2D eigenvalue weighted by Crippen LogP contribution is 2.30. The fourth-order valence-corrected chi connectivity index (χ4v) is 1.92. The Morgan fingerprint density at radius 2 is 2.06 bits per heavy atom. The smallest absolute Gasteiger partial charge is 0.137 e. The van der Waals surface area contributed by atoms with Gasteiger partial charge >= 0.3 is 0 Å². The lowest BCUT2D eigenvalue weighted by Crippen LogP contribution is -2.22. The first-order chi connectivity index (χ1) is 8.46. The quantitative estimate of drug-likeness (QED) is 0.838. The zero-order valence-corrected chi connectivity index (χ0v) is 12.3. The lowest BCUT2D eigenvalue weighted by molar-refractivity contribution is 0.309. The lowest BCUT2D eigenvalue weighted by Gasteiger charge is -2.26. The molecule has 0 aromatic carbocycles. The minimum Gasteiger partial charge on any atom is -0.492 e. The summed E-state index contributed by atoms with van der Waals surface area (Å²) in [5.41, 5.74) is 1.48. The van der Waals surface area contributed by atoms with Crippen molar-refractivity contribution in [2.45, 2.75) is 46.6 Å². The van der Waals surface area contributed by atoms with E-state index in [0.717, 1.165) is 25.2 Å². The van der Waals surface area contributed by atoms with E-state index in [2.05, 4.69) is 44.1 Å². The second-order valence-electron chi connectivity index (χ2n) is 5.91. The van der Waals surface area contributed by atoms with Crippen LogP contribution < -0.4 is 10.1 Å². The van der Waals surface area contributed by atoms with Crippen molar-refractivity contribution in [2.75, 3.05) is 13.7 Å². The zero-order chi connectivity index (χ0) is 13.6. The van der Waals surface area contributed by atoms with Crippen molar-refractivity contribution in [1.82, 2.24) is 10.3 Å². The highest BCUT2D eigenvalue weighted by atomic mass is 16.5. The van der Waals surface area contributed by atoms with Gasteiger partial charge in [0.05, 0.1) is 12.8 Å². The number of hydrogen-bond acceptors (Lipinski definition) is 3. The molecule has 1 aromatic heterocycles. The molecule has 0 saturated heterocycles. The molecule has 1 heterocycles. The van der Waals surface area contributed by atoms with E-state index in [4.69, 9.17) is 4.74 Å². The predicted octanol–water partition coefficient (Wildman–Crippen LogP) is 3.57. The summed E-state index contributed by atoms with van der Waals surface area (Å²) in [6, 6.07) is 2.41. The van der Waals surface area contributed by atoms with Gasteiger partial charge < -0.3 is 10.1 Å². The van der Waals surface area contributed by atoms with Crippen LogP contribution in [0.5, 0.6) is 5.75 Å². The fourth-order valence-electron chi connectivity index (χ4n) is 1.92. The number of nitrogens with zero attached hydrogens (tertiary/aromatic N) is 1. The maximum Gasteiger partial charge on any atom is 0.137 e. The first-order valence-corrected chi connectivity index (χ1v) is 6.71. The highest BCUT2D eigenvalue weighted by Gasteiger charge is 2.19. The van der Waals surface area contributed by atoms with Crippen LogP contribution in [0.15, 0.2) is 18.5 Å². The summed E-state index contributed by atoms with van der Waals surface area (Å²) in [6.45, 7) is 9.61. The molecule has 3 heteroatoms. The van der Waals surface area contributed by atoms with Crippen molar-refractivity contribution in [3.8, 4) is 5.75 Å². The molecule has 0 amide bonds. The van der Waals surface area contributed by atoms with E-state index < -0.39 is 0 Å². The topological polar surface area (TPSA) is 34.1 Å². The summed E-state index contributed by atoms with van der Waals surface area (Å²) in [6.07, 6.45) is 5.79. The summed E-state index contributed by atoms with van der Waals surface area (Å²) in [5.74, 6) is 0.864. The van der Waals surface area contributed by atoms with Gasteiger partial charge in [-0.05, 0) is 36.9 Å². The van der Waals surface area contributed by atoms with E-state index in [0.29, 0.717) is 6.04 Å². The Kier molecular flexibility index (Phi) is 5.60. The van der Waals surface area contributed by atoms with Gasteiger partial charge in [0.15, 0.2) is 0 Å². The minimum atomic E-state index is 0.286. The van der Waals surface area contributed by atoms with Crippen molar-refractivity contribution < 1.29 is 4.74 Å². The van der Waals surface area contributed by atoms with E-state index in [1.807, 2.05) is 13.2 Å². The van der Waals surface area contributed by atoms with E-state index in [1.54, 1.807) is 6.20 Å². The van der Waals surface area contributed by atoms with Crippen LogP contribution in [-0.2, 0) is 0 Å². The average molecular weight is 250 g/mol. The molecular weight excluding hydrogens is 224 g/mol. The summed E-state index contributed by atoms with van der Waals surface area (Å²) in [7, 11) is 2.00. The van der Waals surface area contributed by atoms with E-state index in [1.165, 1.54) is 5.56 Å². The Morgan fingerprint density at radius 1 is 1.33 bits per heavy atom. The molecule has 1 atom stereocenters. The van der Waals surface area contributed by atoms with Crippen LogP contribution in [-0.4, -0.2) is 18.6 Å². The molecule has 0 aliphatic rings. The normalized spacial score (nSPS) is 13.4. The fraction of sp³-hybridized carbons (Fsp3) is 0.667. The standard InChI is InChI=1S/C15H26N2O/c1-6-7-18-13-8-12(10-17-11-13)14(16-5)9-15(2,3)4/h8,10-11,14,16H,6-7,9H2,1-5H3. The van der Waals surface area contributed by atoms with Crippen LogP contribution in [0.2, 0.25) is 0 Å². The number of nitrogens with one attached hydrogen (secondary N) is 1. The van der Waals surface area contributed by atoms with Gasteiger partial charge in [-0.15, -0.1) is 0 Å². The monoisotopic (exact) mass is 250 g/mol. The van der Waals surface area contributed by atoms with Crippen molar-refractivity contribution in [2.24, 2.45) is 5.41 Å². The van der Waals surface area contributed by atoms with E-state index in [9.17, 15) is 0 Å². The van der Waals surface area contributed by atoms with Crippen LogP contribution in [0.4, 0.5) is 0 Å². The number of hydrogen-bond donors (Lipinski definition) is 1. The SMILES string of the molecule is CCCOc1cncc(C(CC(C)(C)C)NC)c1. The Bertz CT molecular complexity index is 358. The van der Waals surface area contributed by atoms with Gasteiger partial charge in [0.25, 0.3) is 0 Å². The second kappa shape index (κ2) is 6.74. The van der Waals surface area contributed by atoms with Crippen LogP contribution in [0.25, 0.3) is 0 Å². The molecule has 1 aromatic rings. The number of ether oxygens (including phenoxy) is 1. The molecule has 1 rings (SSSR count). The first kappa shape index (κ1) is 15.0. The molecule has 3 nitrogen and oxygen atoms in total. The van der Waals surface area contributed by atoms with E-state index in [-0.39, 0.29) is 5.41 Å². The minimum absolute atomic E-state index is 0.286. The third-order valence-electron chi connectivity index (χ3n) is 2.77. The molecule has 0 radical (unpaired) electrons. The maximum absolute atomic E-state index is 5.63. The number of aromatic nitrogens is 1. The molecular formula is C15H26N2O. The van der Waals surface area contributed by atoms with Gasteiger partial charge in [-0.3, -0.25) is 4.98 Å². The van der Waals surface area contributed by atoms with Crippen LogP contribution in [0.3, 0.4) is 0 Å². The van der Waals surface area contributed by atoms with Gasteiger partial charge in [-0.2, -0.15) is 0 Å².